The number of aromatic nitrogens is 8. The molecule has 632 valence electrons. The summed E-state index contributed by atoms with van der Waals surface area (Å²) < 4.78 is 68.4. The van der Waals surface area contributed by atoms with Gasteiger partial charge in [0.15, 0.2) is 0 Å². The molecule has 8 amide bonds. The number of amides is 8. The molecule has 1 aromatic carbocycles. The lowest BCUT2D eigenvalue weighted by molar-refractivity contribution is -0.140. The van der Waals surface area contributed by atoms with Crippen molar-refractivity contribution in [3.05, 3.63) is 107 Å². The number of carboxylic acid groups (broad SMARTS) is 3. The fourth-order valence-corrected chi connectivity index (χ4v) is 12.6. The molecule has 43 heteroatoms. The number of nitrogens with zero attached hydrogens (tertiary/aromatic N) is 16. The van der Waals surface area contributed by atoms with Crippen LogP contribution in [0, 0.1) is 17.9 Å². The molecule has 3 saturated heterocycles. The zero-order valence-corrected chi connectivity index (χ0v) is 65.0. The van der Waals surface area contributed by atoms with Gasteiger partial charge in [0.05, 0.1) is 155 Å². The van der Waals surface area contributed by atoms with E-state index in [4.69, 9.17) is 25.5 Å². The van der Waals surface area contributed by atoms with Gasteiger partial charge in [0.1, 0.15) is 35.2 Å². The highest BCUT2D eigenvalue weighted by molar-refractivity contribution is 5.99. The molecule has 7 heterocycles. The van der Waals surface area contributed by atoms with Crippen molar-refractivity contribution in [3.63, 3.8) is 0 Å². The fraction of sp³-hybridized carbons (Fsp3) is 0.554. The third-order valence-electron chi connectivity index (χ3n) is 18.7. The van der Waals surface area contributed by atoms with Gasteiger partial charge in [-0.2, -0.15) is 5.26 Å². The maximum atomic E-state index is 14.6. The van der Waals surface area contributed by atoms with Gasteiger partial charge in [-0.1, -0.05) is 10.4 Å². The summed E-state index contributed by atoms with van der Waals surface area (Å²) in [6, 6.07) is 8.75. The molecule has 40 nitrogen and oxygen atoms in total. The Morgan fingerprint density at radius 2 is 0.974 bits per heavy atom. The number of nitriles is 1. The minimum absolute atomic E-state index is 0.00163. The Labute approximate surface area is 670 Å². The quantitative estimate of drug-likeness (QED) is 0.0167. The van der Waals surface area contributed by atoms with Crippen molar-refractivity contribution in [2.45, 2.75) is 109 Å². The minimum Gasteiger partial charge on any atom is -0.480 e. The van der Waals surface area contributed by atoms with E-state index in [1.54, 1.807) is 56.3 Å². The van der Waals surface area contributed by atoms with Crippen molar-refractivity contribution < 1.29 is 100 Å². The Kier molecular flexibility index (Phi) is 35.0. The zero-order chi connectivity index (χ0) is 84.6. The van der Waals surface area contributed by atoms with Gasteiger partial charge in [-0.05, 0) is 63.2 Å². The van der Waals surface area contributed by atoms with Gasteiger partial charge in [-0.25, -0.2) is 29.1 Å². The van der Waals surface area contributed by atoms with Crippen molar-refractivity contribution in [1.82, 2.24) is 101 Å². The van der Waals surface area contributed by atoms with Gasteiger partial charge in [-0.15, -0.1) is 10.2 Å². The van der Waals surface area contributed by atoms with Crippen LogP contribution in [0.2, 0.25) is 0 Å². The lowest BCUT2D eigenvalue weighted by atomic mass is 10.0. The largest absolute Gasteiger partial charge is 0.480 e. The van der Waals surface area contributed by atoms with Crippen LogP contribution in [0.4, 0.5) is 13.2 Å². The summed E-state index contributed by atoms with van der Waals surface area (Å²) in [7, 11) is 0. The Morgan fingerprint density at radius 3 is 1.41 bits per heavy atom. The van der Waals surface area contributed by atoms with E-state index in [1.165, 1.54) is 66.8 Å². The first kappa shape index (κ1) is 91.0. The summed E-state index contributed by atoms with van der Waals surface area (Å²) in [6.45, 7) is 12.3. The number of carbonyl (C=O) groups is 11. The fourth-order valence-electron chi connectivity index (χ4n) is 12.6. The smallest absolute Gasteiger partial charge is 0.317 e. The number of likely N-dealkylation sites (tertiary alicyclic amines) is 2. The van der Waals surface area contributed by atoms with Crippen LogP contribution >= 0.6 is 0 Å². The van der Waals surface area contributed by atoms with Gasteiger partial charge in [0, 0.05) is 125 Å². The Hall–Kier alpha value is -11.6. The molecule has 4 aromatic heterocycles. The standard InChI is InChI=1S/C74H97F3N22O18/c1-49(71(112)98-48-74(76,77)36-58(98)38-78)86-69(110)51-5-9-80-56(34-51)39-84-62(100)7-23-114-27-29-116-25-21-96-41-59(88-90-96)53-31-54(33-55(32-53)68(109)83-12-11-82-64(102)43-92-13-15-93(44-65(103)104)17-19-95(46-67(107)108)20-18-94(16-14-92)45-66(105)106)60-42-97(91-89-60)22-26-117-30-28-115-24-8-63(101)85-40-57-35-52(6-10-81-57)70(111)87-50(2)72(113)99-47-73(3,75)37-61(99)79-4/h5-6,9-10,31-35,41-42,49-50,58,61H,7-8,11-30,36-37,39-40,43-48H2,1-3H3,(H,82,102)(H,83,109)(H,84,100)(H,85,101)(H,86,110)(H,87,111)(H,103,104)(H,105,106)(H,107,108)/t49-,50-,58+,61-,73?/m0/s1. The maximum Gasteiger partial charge on any atom is 0.317 e. The second-order valence-electron chi connectivity index (χ2n) is 28.3. The van der Waals surface area contributed by atoms with E-state index in [-0.39, 0.29) is 225 Å². The molecule has 3 aliphatic heterocycles. The predicted molar refractivity (Wildman–Crippen MR) is 404 cm³/mol. The van der Waals surface area contributed by atoms with Crippen LogP contribution in [-0.4, -0.2) is 343 Å². The van der Waals surface area contributed by atoms with Crippen molar-refractivity contribution >= 4 is 65.2 Å². The number of nitrogens with one attached hydrogen (secondary N) is 6. The molecule has 1 unspecified atom stereocenters. The minimum atomic E-state index is -3.22. The van der Waals surface area contributed by atoms with E-state index in [1.807, 2.05) is 0 Å². The van der Waals surface area contributed by atoms with Gasteiger partial charge in [-0.3, -0.25) is 92.1 Å². The third-order valence-corrected chi connectivity index (χ3v) is 18.7. The van der Waals surface area contributed by atoms with Crippen molar-refractivity contribution in [3.8, 4) is 28.6 Å². The summed E-state index contributed by atoms with van der Waals surface area (Å²) in [6.07, 6.45) is 4.12. The van der Waals surface area contributed by atoms with E-state index in [9.17, 15) is 86.5 Å². The van der Waals surface area contributed by atoms with Crippen molar-refractivity contribution in [1.29, 1.82) is 5.26 Å². The van der Waals surface area contributed by atoms with Gasteiger partial charge >= 0.3 is 24.1 Å². The van der Waals surface area contributed by atoms with Crippen LogP contribution in [0.25, 0.3) is 27.4 Å². The van der Waals surface area contributed by atoms with Crippen LogP contribution in [-0.2, 0) is 83.5 Å². The number of hydrogen-bond acceptors (Lipinski definition) is 26. The molecule has 5 aromatic rings. The molecule has 8 rings (SSSR count). The molecule has 9 N–H and O–H groups in total. The number of carbonyl (C=O) groups excluding carboxylic acids is 8. The number of hydrogen-bond donors (Lipinski definition) is 9. The van der Waals surface area contributed by atoms with Gasteiger partial charge < -0.3 is 71.1 Å². The highest BCUT2D eigenvalue weighted by atomic mass is 19.3. The molecule has 0 radical (unpaired) electrons. The molecule has 3 aliphatic rings. The highest BCUT2D eigenvalue weighted by Gasteiger charge is 2.49. The second kappa shape index (κ2) is 45.1. The number of pyridine rings is 2. The Bertz CT molecular complexity index is 4110. The second-order valence-corrected chi connectivity index (χ2v) is 28.3. The summed E-state index contributed by atoms with van der Waals surface area (Å²) in [4.78, 5) is 160. The average Bonchev–Trinajstić information content (AvgIpc) is 1.82. The number of aliphatic carboxylic acids is 3. The summed E-state index contributed by atoms with van der Waals surface area (Å²) in [5.41, 5.74) is 1.10. The third kappa shape index (κ3) is 30.5. The molecule has 117 heavy (non-hydrogen) atoms. The number of halogens is 3. The number of benzene rings is 1. The van der Waals surface area contributed by atoms with E-state index < -0.39 is 102 Å². The van der Waals surface area contributed by atoms with Crippen LogP contribution in [0.1, 0.15) is 88.9 Å². The Balaban J connectivity index is 0.792. The van der Waals surface area contributed by atoms with Crippen molar-refractivity contribution in [2.24, 2.45) is 0 Å². The Morgan fingerprint density at radius 1 is 0.547 bits per heavy atom. The van der Waals surface area contributed by atoms with Crippen LogP contribution in [0.5, 0.6) is 0 Å². The summed E-state index contributed by atoms with van der Waals surface area (Å²) >= 11 is 0. The van der Waals surface area contributed by atoms with E-state index in [0.717, 1.165) is 9.80 Å². The van der Waals surface area contributed by atoms with Gasteiger partial charge in [0.25, 0.3) is 29.6 Å². The van der Waals surface area contributed by atoms with Crippen LogP contribution < -0.4 is 31.9 Å². The number of rotatable bonds is 42. The summed E-state index contributed by atoms with van der Waals surface area (Å²) in [5, 5.41) is 71.5. The molecule has 0 aliphatic carbocycles. The molecular weight excluding hydrogens is 1540 g/mol. The van der Waals surface area contributed by atoms with Crippen LogP contribution in [0.3, 0.4) is 0 Å². The van der Waals surface area contributed by atoms with E-state index >= 15 is 0 Å². The molecule has 5 atom stereocenters. The molecule has 0 saturated carbocycles. The molecule has 0 bridgehead atoms. The first-order valence-electron chi connectivity index (χ1n) is 37.8. The monoisotopic (exact) mass is 1640 g/mol. The maximum absolute atomic E-state index is 14.6. The number of carboxylic acids is 3. The average molecular weight is 1640 g/mol. The SMILES string of the molecule is [C-]#[N+][C@@H]1CC(C)(F)CN1C(=O)[C@H](C)NC(=O)c1ccnc(CNC(=O)CCOCCOCCn2cc(-c3cc(C(=O)NCCNC(=O)CN4CCN(CC(=O)O)CCN(CC(=O)O)CCN(CC(=O)O)CC4)cc(-c4cn(CCOCCOCCC(=O)NCc5cc(C(=O)N[C@@H](C)C(=O)N6CC(F)(F)C[C@@H]6C#N)ccn5)nn4)c3)nn2)c1. The van der Waals surface area contributed by atoms with Crippen LogP contribution in [0.15, 0.2) is 67.3 Å². The topological polar surface area (TPSA) is 492 Å². The number of alkyl halides is 3. The normalized spacial score (nSPS) is 18.1. The van der Waals surface area contributed by atoms with E-state index in [2.05, 4.69) is 67.3 Å². The van der Waals surface area contributed by atoms with E-state index in [0.29, 0.717) is 33.9 Å². The summed E-state index contributed by atoms with van der Waals surface area (Å²) in [5.74, 6) is -10.9. The zero-order valence-electron chi connectivity index (χ0n) is 65.0. The molecule has 3 fully saturated rings. The predicted octanol–water partition coefficient (Wildman–Crippen LogP) is -1.00. The highest BCUT2D eigenvalue weighted by Crippen LogP contribution is 2.33. The molecular formula is C74H97F3N22O18. The first-order valence-corrected chi connectivity index (χ1v) is 37.8. The lowest BCUT2D eigenvalue weighted by Crippen LogP contribution is -2.50. The lowest BCUT2D eigenvalue weighted by Gasteiger charge is -2.32. The first-order chi connectivity index (χ1) is 55.9. The van der Waals surface area contributed by atoms with Gasteiger partial charge in [0.2, 0.25) is 23.6 Å². The van der Waals surface area contributed by atoms with Crippen molar-refractivity contribution in [2.75, 3.05) is 158 Å². The number of ether oxygens (including phenoxy) is 4. The molecule has 0 spiro atoms.